The molecule has 1 aromatic carbocycles. The summed E-state index contributed by atoms with van der Waals surface area (Å²) in [5.41, 5.74) is 2.06. The fourth-order valence-corrected chi connectivity index (χ4v) is 1.84. The Bertz CT molecular complexity index is 729. The summed E-state index contributed by atoms with van der Waals surface area (Å²) in [5, 5.41) is 11.7. The zero-order valence-electron chi connectivity index (χ0n) is 10.7. The summed E-state index contributed by atoms with van der Waals surface area (Å²) in [4.78, 5) is 0. The van der Waals surface area contributed by atoms with Crippen LogP contribution in [-0.2, 0) is 6.61 Å². The Morgan fingerprint density at radius 1 is 1.10 bits per heavy atom. The number of halogens is 2. The molecule has 0 radical (unpaired) electrons. The van der Waals surface area contributed by atoms with Crippen LogP contribution >= 0.6 is 11.6 Å². The van der Waals surface area contributed by atoms with Gasteiger partial charge in [0.15, 0.2) is 5.15 Å². The van der Waals surface area contributed by atoms with E-state index in [4.69, 9.17) is 20.9 Å². The zero-order chi connectivity index (χ0) is 14.7. The number of benzene rings is 1. The highest BCUT2D eigenvalue weighted by Crippen LogP contribution is 2.23. The first-order valence-electron chi connectivity index (χ1n) is 6.03. The summed E-state index contributed by atoms with van der Waals surface area (Å²) in [6.07, 6.45) is 1.47. The van der Waals surface area contributed by atoms with Crippen LogP contribution in [0.5, 0.6) is 5.88 Å². The van der Waals surface area contributed by atoms with E-state index in [1.165, 1.54) is 18.4 Å². The summed E-state index contributed by atoms with van der Waals surface area (Å²) in [6.45, 7) is 0.201. The van der Waals surface area contributed by atoms with Crippen molar-refractivity contribution in [1.29, 1.82) is 0 Å². The molecule has 0 fully saturated rings. The molecule has 7 heteroatoms. The fraction of sp³-hybridized carbons (Fsp3) is 0.0714. The van der Waals surface area contributed by atoms with Crippen molar-refractivity contribution in [1.82, 2.24) is 15.4 Å². The van der Waals surface area contributed by atoms with Crippen molar-refractivity contribution in [3.05, 3.63) is 59.2 Å². The van der Waals surface area contributed by atoms with Gasteiger partial charge in [-0.2, -0.15) is 0 Å². The normalized spacial score (nSPS) is 10.6. The quantitative estimate of drug-likeness (QED) is 0.738. The van der Waals surface area contributed by atoms with Crippen LogP contribution in [0.15, 0.2) is 47.2 Å². The number of ether oxygens (including phenoxy) is 1. The van der Waals surface area contributed by atoms with Gasteiger partial charge in [-0.3, -0.25) is 0 Å². The minimum atomic E-state index is -0.309. The molecular formula is C14H9ClFN3O2. The SMILES string of the molecule is Fc1ccc(-c2nocc2COc2ccc(Cl)nn2)cc1. The Morgan fingerprint density at radius 3 is 2.62 bits per heavy atom. The summed E-state index contributed by atoms with van der Waals surface area (Å²) in [6, 6.07) is 9.16. The van der Waals surface area contributed by atoms with E-state index in [2.05, 4.69) is 15.4 Å². The Morgan fingerprint density at radius 2 is 1.90 bits per heavy atom. The van der Waals surface area contributed by atoms with E-state index in [-0.39, 0.29) is 12.4 Å². The number of aromatic nitrogens is 3. The van der Waals surface area contributed by atoms with E-state index in [0.717, 1.165) is 11.1 Å². The van der Waals surface area contributed by atoms with Crippen molar-refractivity contribution < 1.29 is 13.7 Å². The van der Waals surface area contributed by atoms with Gasteiger partial charge >= 0.3 is 0 Å². The van der Waals surface area contributed by atoms with Crippen LogP contribution in [0.4, 0.5) is 4.39 Å². The van der Waals surface area contributed by atoms with Crippen molar-refractivity contribution in [2.75, 3.05) is 0 Å². The molecular weight excluding hydrogens is 297 g/mol. The predicted molar refractivity (Wildman–Crippen MR) is 73.3 cm³/mol. The monoisotopic (exact) mass is 305 g/mol. The van der Waals surface area contributed by atoms with Crippen LogP contribution in [-0.4, -0.2) is 15.4 Å². The third-order valence-corrected chi connectivity index (χ3v) is 2.95. The molecule has 5 nitrogen and oxygen atoms in total. The molecule has 106 valence electrons. The molecule has 0 bridgehead atoms. The molecule has 0 aliphatic heterocycles. The highest BCUT2D eigenvalue weighted by atomic mass is 35.5. The number of nitrogens with zero attached hydrogens (tertiary/aromatic N) is 3. The molecule has 0 saturated carbocycles. The molecule has 0 amide bonds. The van der Waals surface area contributed by atoms with Gasteiger partial charge in [-0.1, -0.05) is 16.8 Å². The second-order valence-electron chi connectivity index (χ2n) is 4.18. The maximum absolute atomic E-state index is 12.9. The molecule has 0 spiro atoms. The van der Waals surface area contributed by atoms with E-state index < -0.39 is 0 Å². The van der Waals surface area contributed by atoms with Gasteiger partial charge in [0.05, 0.1) is 5.56 Å². The van der Waals surface area contributed by atoms with Gasteiger partial charge in [0.25, 0.3) is 0 Å². The maximum atomic E-state index is 12.9. The van der Waals surface area contributed by atoms with Crippen molar-refractivity contribution in [2.24, 2.45) is 0 Å². The lowest BCUT2D eigenvalue weighted by Crippen LogP contribution is -1.99. The molecule has 0 N–H and O–H groups in total. The van der Waals surface area contributed by atoms with Crippen LogP contribution in [0.2, 0.25) is 5.15 Å². The predicted octanol–water partition coefficient (Wildman–Crippen LogP) is 3.50. The number of rotatable bonds is 4. The van der Waals surface area contributed by atoms with E-state index in [0.29, 0.717) is 16.7 Å². The van der Waals surface area contributed by atoms with Crippen molar-refractivity contribution in [3.8, 4) is 17.1 Å². The van der Waals surface area contributed by atoms with Gasteiger partial charge in [-0.05, 0) is 30.3 Å². The van der Waals surface area contributed by atoms with Crippen molar-refractivity contribution >= 4 is 11.6 Å². The number of hydrogen-bond donors (Lipinski definition) is 0. The van der Waals surface area contributed by atoms with Gasteiger partial charge in [-0.15, -0.1) is 10.2 Å². The lowest BCUT2D eigenvalue weighted by Gasteiger charge is -2.04. The summed E-state index contributed by atoms with van der Waals surface area (Å²) in [5.74, 6) is 0.0298. The van der Waals surface area contributed by atoms with Gasteiger partial charge in [0.2, 0.25) is 5.88 Å². The fourth-order valence-electron chi connectivity index (χ4n) is 1.74. The first-order valence-corrected chi connectivity index (χ1v) is 6.41. The maximum Gasteiger partial charge on any atom is 0.233 e. The molecule has 0 aliphatic rings. The number of hydrogen-bond acceptors (Lipinski definition) is 5. The lowest BCUT2D eigenvalue weighted by molar-refractivity contribution is 0.289. The molecule has 0 unspecified atom stereocenters. The summed E-state index contributed by atoms with van der Waals surface area (Å²) < 4.78 is 23.4. The van der Waals surface area contributed by atoms with Crippen molar-refractivity contribution in [2.45, 2.75) is 6.61 Å². The first kappa shape index (κ1) is 13.5. The van der Waals surface area contributed by atoms with Crippen LogP contribution in [0.25, 0.3) is 11.3 Å². The second-order valence-corrected chi connectivity index (χ2v) is 4.57. The Kier molecular flexibility index (Phi) is 3.79. The molecule has 0 saturated heterocycles. The van der Waals surface area contributed by atoms with Gasteiger partial charge in [-0.25, -0.2) is 4.39 Å². The minimum absolute atomic E-state index is 0.201. The molecule has 2 heterocycles. The molecule has 3 rings (SSSR count). The van der Waals surface area contributed by atoms with E-state index >= 15 is 0 Å². The highest BCUT2D eigenvalue weighted by Gasteiger charge is 2.11. The first-order chi connectivity index (χ1) is 10.2. The topological polar surface area (TPSA) is 61.0 Å². The van der Waals surface area contributed by atoms with Crippen LogP contribution < -0.4 is 4.74 Å². The van der Waals surface area contributed by atoms with Crippen molar-refractivity contribution in [3.63, 3.8) is 0 Å². The molecule has 2 aromatic heterocycles. The second kappa shape index (κ2) is 5.88. The Balaban J connectivity index is 1.76. The van der Waals surface area contributed by atoms with E-state index in [9.17, 15) is 4.39 Å². The largest absolute Gasteiger partial charge is 0.472 e. The Hall–Kier alpha value is -2.47. The molecule has 3 aromatic rings. The molecule has 0 aliphatic carbocycles. The third kappa shape index (κ3) is 3.17. The van der Waals surface area contributed by atoms with Gasteiger partial charge in [0, 0.05) is 11.6 Å². The van der Waals surface area contributed by atoms with E-state index in [1.807, 2.05) is 0 Å². The average Bonchev–Trinajstić information content (AvgIpc) is 2.96. The lowest BCUT2D eigenvalue weighted by atomic mass is 10.1. The highest BCUT2D eigenvalue weighted by molar-refractivity contribution is 6.29. The van der Waals surface area contributed by atoms with Crippen LogP contribution in [0, 0.1) is 5.82 Å². The third-order valence-electron chi connectivity index (χ3n) is 2.74. The smallest absolute Gasteiger partial charge is 0.233 e. The van der Waals surface area contributed by atoms with E-state index in [1.54, 1.807) is 24.3 Å². The van der Waals surface area contributed by atoms with Crippen LogP contribution in [0.3, 0.4) is 0 Å². The Labute approximate surface area is 124 Å². The zero-order valence-corrected chi connectivity index (χ0v) is 11.4. The van der Waals surface area contributed by atoms with Gasteiger partial charge in [0.1, 0.15) is 24.4 Å². The van der Waals surface area contributed by atoms with Crippen LogP contribution in [0.1, 0.15) is 5.56 Å². The van der Waals surface area contributed by atoms with Gasteiger partial charge < -0.3 is 9.26 Å². The minimum Gasteiger partial charge on any atom is -0.472 e. The average molecular weight is 306 g/mol. The summed E-state index contributed by atoms with van der Waals surface area (Å²) >= 11 is 5.64. The summed E-state index contributed by atoms with van der Waals surface area (Å²) in [7, 11) is 0. The molecule has 0 atom stereocenters. The standard InChI is InChI=1S/C14H9ClFN3O2/c15-12-5-6-13(18-17-12)20-7-10-8-21-19-14(10)9-1-3-11(16)4-2-9/h1-6,8H,7H2. The molecule has 21 heavy (non-hydrogen) atoms.